The average Bonchev–Trinajstić information content (AvgIpc) is 2.80. The standard InChI is InChI=1S/C12H22N2O3/c15-12(16)4-3-10-8-13-5-6-14(10)9-11-2-1-7-17-11/h10-11,13H,1-9H2,(H,15,16). The van der Waals surface area contributed by atoms with Gasteiger partial charge in [-0.3, -0.25) is 9.69 Å². The van der Waals surface area contributed by atoms with Gasteiger partial charge in [0.25, 0.3) is 0 Å². The van der Waals surface area contributed by atoms with E-state index in [-0.39, 0.29) is 6.42 Å². The van der Waals surface area contributed by atoms with E-state index in [2.05, 4.69) is 10.2 Å². The molecule has 0 amide bonds. The summed E-state index contributed by atoms with van der Waals surface area (Å²) in [5.41, 5.74) is 0. The number of ether oxygens (including phenoxy) is 1. The summed E-state index contributed by atoms with van der Waals surface area (Å²) in [5, 5.41) is 12.1. The second kappa shape index (κ2) is 6.33. The first-order chi connectivity index (χ1) is 8.25. The van der Waals surface area contributed by atoms with Crippen molar-refractivity contribution in [3.8, 4) is 0 Å². The number of aliphatic carboxylic acids is 1. The van der Waals surface area contributed by atoms with E-state index < -0.39 is 5.97 Å². The van der Waals surface area contributed by atoms with Crippen LogP contribution in [0.1, 0.15) is 25.7 Å². The first kappa shape index (κ1) is 12.8. The van der Waals surface area contributed by atoms with Gasteiger partial charge in [0.1, 0.15) is 0 Å². The highest BCUT2D eigenvalue weighted by atomic mass is 16.5. The molecule has 5 heteroatoms. The Balaban J connectivity index is 1.80. The third-order valence-corrected chi connectivity index (χ3v) is 3.63. The summed E-state index contributed by atoms with van der Waals surface area (Å²) >= 11 is 0. The van der Waals surface area contributed by atoms with Gasteiger partial charge in [0, 0.05) is 45.2 Å². The Morgan fingerprint density at radius 1 is 1.53 bits per heavy atom. The molecule has 2 atom stereocenters. The van der Waals surface area contributed by atoms with Crippen LogP contribution >= 0.6 is 0 Å². The fourth-order valence-electron chi connectivity index (χ4n) is 2.67. The van der Waals surface area contributed by atoms with Crippen LogP contribution < -0.4 is 5.32 Å². The summed E-state index contributed by atoms with van der Waals surface area (Å²) in [6, 6.07) is 0.351. The van der Waals surface area contributed by atoms with Crippen molar-refractivity contribution in [2.75, 3.05) is 32.8 Å². The Hall–Kier alpha value is -0.650. The van der Waals surface area contributed by atoms with Gasteiger partial charge in [-0.05, 0) is 19.3 Å². The van der Waals surface area contributed by atoms with Crippen molar-refractivity contribution in [1.29, 1.82) is 0 Å². The van der Waals surface area contributed by atoms with Crippen molar-refractivity contribution in [2.24, 2.45) is 0 Å². The number of carboxylic acids is 1. The van der Waals surface area contributed by atoms with Crippen molar-refractivity contribution in [2.45, 2.75) is 37.8 Å². The monoisotopic (exact) mass is 242 g/mol. The molecule has 0 spiro atoms. The molecule has 2 rings (SSSR count). The topological polar surface area (TPSA) is 61.8 Å². The lowest BCUT2D eigenvalue weighted by molar-refractivity contribution is -0.137. The maximum Gasteiger partial charge on any atom is 0.303 e. The smallest absolute Gasteiger partial charge is 0.303 e. The molecule has 0 aromatic rings. The SMILES string of the molecule is O=C(O)CCC1CNCCN1CC1CCCO1. The van der Waals surface area contributed by atoms with Gasteiger partial charge >= 0.3 is 5.97 Å². The number of nitrogens with zero attached hydrogens (tertiary/aromatic N) is 1. The first-order valence-electron chi connectivity index (χ1n) is 6.54. The second-order valence-corrected chi connectivity index (χ2v) is 4.92. The van der Waals surface area contributed by atoms with Crippen LogP contribution in [0.3, 0.4) is 0 Å². The fraction of sp³-hybridized carbons (Fsp3) is 0.917. The summed E-state index contributed by atoms with van der Waals surface area (Å²) in [4.78, 5) is 13.0. The van der Waals surface area contributed by atoms with Gasteiger partial charge in [-0.1, -0.05) is 0 Å². The lowest BCUT2D eigenvalue weighted by atomic mass is 10.1. The van der Waals surface area contributed by atoms with Gasteiger partial charge in [-0.2, -0.15) is 0 Å². The normalized spacial score (nSPS) is 30.6. The van der Waals surface area contributed by atoms with Gasteiger partial charge in [0.15, 0.2) is 0 Å². The highest BCUT2D eigenvalue weighted by Gasteiger charge is 2.26. The minimum absolute atomic E-state index is 0.258. The van der Waals surface area contributed by atoms with E-state index in [1.54, 1.807) is 0 Å². The molecule has 2 fully saturated rings. The number of rotatable bonds is 5. The van der Waals surface area contributed by atoms with E-state index in [0.29, 0.717) is 12.1 Å². The van der Waals surface area contributed by atoms with Gasteiger partial charge in [-0.25, -0.2) is 0 Å². The third-order valence-electron chi connectivity index (χ3n) is 3.63. The third kappa shape index (κ3) is 3.94. The Labute approximate surface area is 102 Å². The van der Waals surface area contributed by atoms with Crippen LogP contribution in [-0.4, -0.2) is 60.9 Å². The van der Waals surface area contributed by atoms with Crippen LogP contribution in [0.25, 0.3) is 0 Å². The maximum atomic E-state index is 10.6. The van der Waals surface area contributed by atoms with Gasteiger partial charge < -0.3 is 15.2 Å². The van der Waals surface area contributed by atoms with Gasteiger partial charge in [-0.15, -0.1) is 0 Å². The molecule has 2 aliphatic rings. The number of carboxylic acid groups (broad SMARTS) is 1. The number of hydrogen-bond donors (Lipinski definition) is 2. The predicted molar refractivity (Wildman–Crippen MR) is 64.1 cm³/mol. The van der Waals surface area contributed by atoms with Crippen LogP contribution in [-0.2, 0) is 9.53 Å². The van der Waals surface area contributed by atoms with Crippen LogP contribution in [0.5, 0.6) is 0 Å². The quantitative estimate of drug-likeness (QED) is 0.726. The average molecular weight is 242 g/mol. The summed E-state index contributed by atoms with van der Waals surface area (Å²) < 4.78 is 5.65. The van der Waals surface area contributed by atoms with E-state index in [9.17, 15) is 4.79 Å². The molecule has 0 saturated carbocycles. The fourth-order valence-corrected chi connectivity index (χ4v) is 2.67. The summed E-state index contributed by atoms with van der Waals surface area (Å²) in [6.07, 6.45) is 3.66. The molecule has 0 aromatic heterocycles. The molecule has 17 heavy (non-hydrogen) atoms. The van der Waals surface area contributed by atoms with Crippen molar-refractivity contribution in [3.05, 3.63) is 0 Å². The lowest BCUT2D eigenvalue weighted by Gasteiger charge is -2.37. The zero-order valence-corrected chi connectivity index (χ0v) is 10.2. The molecule has 0 aliphatic carbocycles. The van der Waals surface area contributed by atoms with Crippen molar-refractivity contribution in [1.82, 2.24) is 10.2 Å². The van der Waals surface area contributed by atoms with Crippen LogP contribution in [0.15, 0.2) is 0 Å². The minimum atomic E-state index is -0.701. The zero-order chi connectivity index (χ0) is 12.1. The Bertz CT molecular complexity index is 254. The van der Waals surface area contributed by atoms with E-state index in [0.717, 1.165) is 52.0 Å². The predicted octanol–water partition coefficient (Wildman–Crippen LogP) is 0.304. The molecule has 2 heterocycles. The maximum absolute atomic E-state index is 10.6. The van der Waals surface area contributed by atoms with Crippen LogP contribution in [0, 0.1) is 0 Å². The molecule has 2 N–H and O–H groups in total. The molecule has 0 aromatic carbocycles. The first-order valence-corrected chi connectivity index (χ1v) is 6.54. The van der Waals surface area contributed by atoms with Crippen LogP contribution in [0.2, 0.25) is 0 Å². The molecular weight excluding hydrogens is 220 g/mol. The molecule has 0 radical (unpaired) electrons. The largest absolute Gasteiger partial charge is 0.481 e. The van der Waals surface area contributed by atoms with Gasteiger partial charge in [0.2, 0.25) is 0 Å². The summed E-state index contributed by atoms with van der Waals surface area (Å²) in [7, 11) is 0. The summed E-state index contributed by atoms with van der Waals surface area (Å²) in [6.45, 7) is 4.75. The number of nitrogens with one attached hydrogen (secondary N) is 1. The molecule has 0 bridgehead atoms. The highest BCUT2D eigenvalue weighted by molar-refractivity contribution is 5.66. The Kier molecular flexibility index (Phi) is 4.76. The Morgan fingerprint density at radius 2 is 2.41 bits per heavy atom. The Morgan fingerprint density at radius 3 is 3.12 bits per heavy atom. The summed E-state index contributed by atoms with van der Waals surface area (Å²) in [5.74, 6) is -0.701. The lowest BCUT2D eigenvalue weighted by Crippen LogP contribution is -2.53. The molecule has 2 unspecified atom stereocenters. The van der Waals surface area contributed by atoms with E-state index >= 15 is 0 Å². The number of hydrogen-bond acceptors (Lipinski definition) is 4. The van der Waals surface area contributed by atoms with Crippen molar-refractivity contribution < 1.29 is 14.6 Å². The van der Waals surface area contributed by atoms with Crippen molar-refractivity contribution >= 4 is 5.97 Å². The zero-order valence-electron chi connectivity index (χ0n) is 10.2. The van der Waals surface area contributed by atoms with E-state index in [1.807, 2.05) is 0 Å². The molecule has 2 saturated heterocycles. The molecule has 5 nitrogen and oxygen atoms in total. The van der Waals surface area contributed by atoms with E-state index in [4.69, 9.17) is 9.84 Å². The number of carbonyl (C=O) groups is 1. The molecule has 2 aliphatic heterocycles. The van der Waals surface area contributed by atoms with Crippen LogP contribution in [0.4, 0.5) is 0 Å². The van der Waals surface area contributed by atoms with E-state index in [1.165, 1.54) is 0 Å². The second-order valence-electron chi connectivity index (χ2n) is 4.92. The van der Waals surface area contributed by atoms with Gasteiger partial charge in [0.05, 0.1) is 6.10 Å². The molecule has 98 valence electrons. The minimum Gasteiger partial charge on any atom is -0.481 e. The van der Waals surface area contributed by atoms with Crippen molar-refractivity contribution in [3.63, 3.8) is 0 Å². The highest BCUT2D eigenvalue weighted by Crippen LogP contribution is 2.17. The molecular formula is C12H22N2O3. The number of piperazine rings is 1.